The largest absolute Gasteiger partial charge is 0.399 e. The minimum Gasteiger partial charge on any atom is -0.399 e. The van der Waals surface area contributed by atoms with Gasteiger partial charge < -0.3 is 11.1 Å². The molecule has 2 aromatic heterocycles. The topological polar surface area (TPSA) is 55.3 Å². The van der Waals surface area contributed by atoms with Gasteiger partial charge in [-0.3, -0.25) is 4.40 Å². The Morgan fingerprint density at radius 1 is 1.11 bits per heavy atom. The van der Waals surface area contributed by atoms with Crippen LogP contribution in [0.5, 0.6) is 0 Å². The normalized spacial score (nSPS) is 10.7. The van der Waals surface area contributed by atoms with E-state index >= 15 is 0 Å². The molecule has 3 rings (SSSR count). The number of anilines is 2. The Bertz CT molecular complexity index is 655. The Balaban J connectivity index is 1.80. The van der Waals surface area contributed by atoms with E-state index in [2.05, 4.69) is 10.3 Å². The highest BCUT2D eigenvalue weighted by atomic mass is 15.1. The molecule has 4 heteroatoms. The molecule has 0 radical (unpaired) electrons. The number of nitrogens with one attached hydrogen (secondary N) is 1. The number of pyridine rings is 1. The first-order valence-electron chi connectivity index (χ1n) is 5.83. The number of nitrogen functional groups attached to an aromatic ring is 1. The van der Waals surface area contributed by atoms with Crippen LogP contribution in [0.4, 0.5) is 11.5 Å². The number of rotatable bonds is 3. The van der Waals surface area contributed by atoms with Crippen molar-refractivity contribution in [3.63, 3.8) is 0 Å². The molecule has 0 aliphatic rings. The maximum Gasteiger partial charge on any atom is 0.138 e. The first kappa shape index (κ1) is 10.7. The summed E-state index contributed by atoms with van der Waals surface area (Å²) in [6.07, 6.45) is 3.74. The van der Waals surface area contributed by atoms with Gasteiger partial charge in [0.2, 0.25) is 0 Å². The molecule has 0 amide bonds. The zero-order valence-corrected chi connectivity index (χ0v) is 9.88. The third-order valence-corrected chi connectivity index (χ3v) is 2.88. The van der Waals surface area contributed by atoms with Gasteiger partial charge in [0.15, 0.2) is 0 Å². The Morgan fingerprint density at radius 3 is 2.78 bits per heavy atom. The van der Waals surface area contributed by atoms with E-state index in [-0.39, 0.29) is 0 Å². The number of hydrogen-bond acceptors (Lipinski definition) is 3. The highest BCUT2D eigenvalue weighted by Gasteiger charge is 1.99. The van der Waals surface area contributed by atoms with Crippen molar-refractivity contribution in [2.45, 2.75) is 6.54 Å². The van der Waals surface area contributed by atoms with Gasteiger partial charge in [-0.05, 0) is 29.8 Å². The van der Waals surface area contributed by atoms with Crippen LogP contribution in [0.25, 0.3) is 5.65 Å². The maximum atomic E-state index is 5.66. The molecule has 3 N–H and O–H groups in total. The van der Waals surface area contributed by atoms with Crippen molar-refractivity contribution in [1.82, 2.24) is 9.38 Å². The van der Waals surface area contributed by atoms with Gasteiger partial charge in [-0.15, -0.1) is 0 Å². The Hall–Kier alpha value is -2.49. The summed E-state index contributed by atoms with van der Waals surface area (Å²) >= 11 is 0. The van der Waals surface area contributed by atoms with Gasteiger partial charge in [0.1, 0.15) is 11.5 Å². The first-order chi connectivity index (χ1) is 8.83. The van der Waals surface area contributed by atoms with Crippen molar-refractivity contribution in [2.24, 2.45) is 0 Å². The van der Waals surface area contributed by atoms with Crippen LogP contribution >= 0.6 is 0 Å². The molecule has 0 fully saturated rings. The summed E-state index contributed by atoms with van der Waals surface area (Å²) in [5, 5.41) is 3.39. The predicted octanol–water partition coefficient (Wildman–Crippen LogP) is 2.53. The maximum absolute atomic E-state index is 5.66. The zero-order valence-electron chi connectivity index (χ0n) is 9.88. The van der Waals surface area contributed by atoms with E-state index in [1.807, 2.05) is 53.1 Å². The highest BCUT2D eigenvalue weighted by Crippen LogP contribution is 2.13. The van der Waals surface area contributed by atoms with Crippen LogP contribution in [-0.2, 0) is 6.54 Å². The second-order valence-electron chi connectivity index (χ2n) is 4.16. The number of aromatic nitrogens is 2. The molecule has 2 heterocycles. The van der Waals surface area contributed by atoms with Crippen molar-refractivity contribution in [3.8, 4) is 0 Å². The summed E-state index contributed by atoms with van der Waals surface area (Å²) < 4.78 is 2.03. The highest BCUT2D eigenvalue weighted by molar-refractivity contribution is 5.50. The van der Waals surface area contributed by atoms with Crippen LogP contribution in [0.2, 0.25) is 0 Å². The van der Waals surface area contributed by atoms with Gasteiger partial charge in [0.25, 0.3) is 0 Å². The molecule has 90 valence electrons. The summed E-state index contributed by atoms with van der Waals surface area (Å²) in [6, 6.07) is 13.9. The van der Waals surface area contributed by atoms with E-state index in [9.17, 15) is 0 Å². The first-order valence-corrected chi connectivity index (χ1v) is 5.83. The van der Waals surface area contributed by atoms with E-state index in [4.69, 9.17) is 5.73 Å². The summed E-state index contributed by atoms with van der Waals surface area (Å²) in [6.45, 7) is 0.761. The van der Waals surface area contributed by atoms with Crippen LogP contribution in [0.15, 0.2) is 54.9 Å². The van der Waals surface area contributed by atoms with Gasteiger partial charge >= 0.3 is 0 Å². The van der Waals surface area contributed by atoms with Crippen molar-refractivity contribution >= 4 is 17.2 Å². The van der Waals surface area contributed by atoms with Crippen molar-refractivity contribution in [2.75, 3.05) is 11.1 Å². The minimum absolute atomic E-state index is 0.761. The van der Waals surface area contributed by atoms with Crippen molar-refractivity contribution in [3.05, 3.63) is 60.4 Å². The summed E-state index contributed by atoms with van der Waals surface area (Å²) in [5.41, 5.74) is 8.59. The number of hydrogen-bond donors (Lipinski definition) is 2. The van der Waals surface area contributed by atoms with Gasteiger partial charge in [-0.2, -0.15) is 0 Å². The van der Waals surface area contributed by atoms with Crippen LogP contribution < -0.4 is 11.1 Å². The molecule has 0 spiro atoms. The molecule has 0 aliphatic heterocycles. The van der Waals surface area contributed by atoms with Crippen molar-refractivity contribution < 1.29 is 0 Å². The molecule has 1 aromatic carbocycles. The number of nitrogens with two attached hydrogens (primary N) is 1. The van der Waals surface area contributed by atoms with Crippen molar-refractivity contribution in [1.29, 1.82) is 0 Å². The van der Waals surface area contributed by atoms with E-state index in [1.54, 1.807) is 6.20 Å². The molecule has 0 atom stereocenters. The minimum atomic E-state index is 0.761. The predicted molar refractivity (Wildman–Crippen MR) is 73.4 cm³/mol. The smallest absolute Gasteiger partial charge is 0.138 e. The number of fused-ring (bicyclic) bond motifs is 1. The molecular formula is C14H14N4. The summed E-state index contributed by atoms with van der Waals surface area (Å²) in [5.74, 6) is 1.03. The van der Waals surface area contributed by atoms with Gasteiger partial charge in [-0.25, -0.2) is 4.98 Å². The van der Waals surface area contributed by atoms with Gasteiger partial charge in [-0.1, -0.05) is 18.2 Å². The lowest BCUT2D eigenvalue weighted by Gasteiger charge is -2.09. The molecule has 4 nitrogen and oxygen atoms in total. The van der Waals surface area contributed by atoms with Gasteiger partial charge in [0.05, 0.1) is 0 Å². The monoisotopic (exact) mass is 238 g/mol. The average Bonchev–Trinajstić information content (AvgIpc) is 2.87. The lowest BCUT2D eigenvalue weighted by atomic mass is 10.2. The number of benzene rings is 1. The molecule has 18 heavy (non-hydrogen) atoms. The fourth-order valence-electron chi connectivity index (χ4n) is 1.92. The van der Waals surface area contributed by atoms with E-state index in [1.165, 1.54) is 5.56 Å². The van der Waals surface area contributed by atoms with E-state index in [0.717, 1.165) is 23.7 Å². The summed E-state index contributed by atoms with van der Waals surface area (Å²) in [7, 11) is 0. The molecule has 0 saturated carbocycles. The number of nitrogens with zero attached hydrogens (tertiary/aromatic N) is 2. The molecule has 0 saturated heterocycles. The van der Waals surface area contributed by atoms with Crippen LogP contribution in [-0.4, -0.2) is 9.38 Å². The molecule has 0 aliphatic carbocycles. The Kier molecular flexibility index (Phi) is 2.61. The quantitative estimate of drug-likeness (QED) is 0.689. The Morgan fingerprint density at radius 2 is 1.94 bits per heavy atom. The van der Waals surface area contributed by atoms with Gasteiger partial charge in [0, 0.05) is 24.6 Å². The lowest BCUT2D eigenvalue weighted by Crippen LogP contribution is -2.03. The standard InChI is InChI=1S/C14H14N4/c15-12-6-4-11(5-7-12)10-17-14-3-1-2-13-16-8-9-18(13)14/h1-9,17H,10,15H2. The second-order valence-corrected chi connectivity index (χ2v) is 4.16. The number of imidazole rings is 1. The zero-order chi connectivity index (χ0) is 12.4. The SMILES string of the molecule is Nc1ccc(CNc2cccc3nccn23)cc1. The van der Waals surface area contributed by atoms with Crippen LogP contribution in [0, 0.1) is 0 Å². The third kappa shape index (κ3) is 2.00. The second kappa shape index (κ2) is 4.41. The Labute approximate surface area is 105 Å². The third-order valence-electron chi connectivity index (χ3n) is 2.88. The molecule has 0 bridgehead atoms. The molecule has 0 unspecified atom stereocenters. The van der Waals surface area contributed by atoms with Crippen LogP contribution in [0.1, 0.15) is 5.56 Å². The van der Waals surface area contributed by atoms with E-state index < -0.39 is 0 Å². The van der Waals surface area contributed by atoms with E-state index in [0.29, 0.717) is 0 Å². The fraction of sp³-hybridized carbons (Fsp3) is 0.0714. The molecular weight excluding hydrogens is 224 g/mol. The fourth-order valence-corrected chi connectivity index (χ4v) is 1.92. The summed E-state index contributed by atoms with van der Waals surface area (Å²) in [4.78, 5) is 4.25. The average molecular weight is 238 g/mol. The lowest BCUT2D eigenvalue weighted by molar-refractivity contribution is 1.08. The molecule has 3 aromatic rings. The van der Waals surface area contributed by atoms with Crippen LogP contribution in [0.3, 0.4) is 0 Å².